The van der Waals surface area contributed by atoms with Crippen molar-refractivity contribution in [3.63, 3.8) is 0 Å². The van der Waals surface area contributed by atoms with Gasteiger partial charge in [0.1, 0.15) is 0 Å². The average Bonchev–Trinajstić information content (AvgIpc) is 2.73. The normalized spacial score (nSPS) is 16.8. The van der Waals surface area contributed by atoms with Gasteiger partial charge in [0.25, 0.3) is 0 Å². The van der Waals surface area contributed by atoms with Crippen molar-refractivity contribution in [1.82, 2.24) is 4.90 Å². The second-order valence-electron chi connectivity index (χ2n) is 7.52. The van der Waals surface area contributed by atoms with Gasteiger partial charge in [-0.15, -0.1) is 0 Å². The van der Waals surface area contributed by atoms with E-state index >= 15 is 0 Å². The van der Waals surface area contributed by atoms with E-state index in [-0.39, 0.29) is 5.78 Å². The van der Waals surface area contributed by atoms with Gasteiger partial charge in [0.05, 0.1) is 18.8 Å². The Bertz CT molecular complexity index is 801. The van der Waals surface area contributed by atoms with Gasteiger partial charge in [-0.3, -0.25) is 9.69 Å². The minimum Gasteiger partial charge on any atom is -0.378 e. The quantitative estimate of drug-likeness (QED) is 0.648. The SMILES string of the molecule is CCC(Cc1ccccc1Cl)(C(=O)c1ccc(N2CCOCC2)cc1)N(C)C. The number of rotatable bonds is 7. The van der Waals surface area contributed by atoms with E-state index in [1.54, 1.807) is 0 Å². The zero-order chi connectivity index (χ0) is 20.1. The van der Waals surface area contributed by atoms with Gasteiger partial charge in [0, 0.05) is 29.4 Å². The third kappa shape index (κ3) is 4.24. The number of carbonyl (C=O) groups excluding carboxylic acids is 1. The minimum atomic E-state index is -0.633. The molecule has 0 aliphatic carbocycles. The Kier molecular flexibility index (Phi) is 6.76. The van der Waals surface area contributed by atoms with Crippen LogP contribution in [0.15, 0.2) is 48.5 Å². The molecule has 1 unspecified atom stereocenters. The number of nitrogens with zero attached hydrogens (tertiary/aromatic N) is 2. The van der Waals surface area contributed by atoms with Crippen LogP contribution in [0.1, 0.15) is 29.3 Å². The molecule has 1 saturated heterocycles. The van der Waals surface area contributed by atoms with Crippen molar-refractivity contribution in [2.24, 2.45) is 0 Å². The Morgan fingerprint density at radius 3 is 2.32 bits per heavy atom. The fourth-order valence-corrected chi connectivity index (χ4v) is 4.12. The molecule has 3 rings (SSSR count). The van der Waals surface area contributed by atoms with Gasteiger partial charge in [-0.2, -0.15) is 0 Å². The first-order valence-corrected chi connectivity index (χ1v) is 10.2. The van der Waals surface area contributed by atoms with Crippen LogP contribution in [0.3, 0.4) is 0 Å². The van der Waals surface area contributed by atoms with E-state index in [0.717, 1.165) is 43.1 Å². The maximum Gasteiger partial charge on any atom is 0.183 e. The standard InChI is InChI=1S/C23H29ClN2O2/c1-4-23(25(2)3,17-19-7-5-6-8-21(19)24)22(27)18-9-11-20(12-10-18)26-13-15-28-16-14-26/h5-12H,4,13-17H2,1-3H3. The number of anilines is 1. The zero-order valence-electron chi connectivity index (χ0n) is 17.0. The Hall–Kier alpha value is -1.88. The van der Waals surface area contributed by atoms with Crippen molar-refractivity contribution >= 4 is 23.1 Å². The van der Waals surface area contributed by atoms with E-state index in [2.05, 4.69) is 11.8 Å². The van der Waals surface area contributed by atoms with Crippen LogP contribution in [0.2, 0.25) is 5.02 Å². The second kappa shape index (κ2) is 9.08. The van der Waals surface area contributed by atoms with Crippen molar-refractivity contribution < 1.29 is 9.53 Å². The van der Waals surface area contributed by atoms with Gasteiger partial charge in [-0.25, -0.2) is 0 Å². The minimum absolute atomic E-state index is 0.133. The Labute approximate surface area is 173 Å². The molecule has 0 N–H and O–H groups in total. The van der Waals surface area contributed by atoms with Gasteiger partial charge >= 0.3 is 0 Å². The highest BCUT2D eigenvalue weighted by Gasteiger charge is 2.40. The number of likely N-dealkylation sites (N-methyl/N-ethyl adjacent to an activating group) is 1. The molecule has 0 aromatic heterocycles. The number of hydrogen-bond donors (Lipinski definition) is 0. The van der Waals surface area contributed by atoms with Crippen molar-refractivity contribution in [1.29, 1.82) is 0 Å². The topological polar surface area (TPSA) is 32.8 Å². The van der Waals surface area contributed by atoms with Crippen molar-refractivity contribution in [3.8, 4) is 0 Å². The van der Waals surface area contributed by atoms with Gasteiger partial charge in [-0.05, 0) is 62.8 Å². The zero-order valence-corrected chi connectivity index (χ0v) is 17.7. The third-order valence-electron chi connectivity index (χ3n) is 5.81. The number of ether oxygens (including phenoxy) is 1. The summed E-state index contributed by atoms with van der Waals surface area (Å²) in [4.78, 5) is 18.0. The third-order valence-corrected chi connectivity index (χ3v) is 6.18. The van der Waals surface area contributed by atoms with Crippen LogP contribution >= 0.6 is 11.6 Å². The van der Waals surface area contributed by atoms with Crippen LogP contribution in [-0.2, 0) is 11.2 Å². The van der Waals surface area contributed by atoms with E-state index in [4.69, 9.17) is 16.3 Å². The molecule has 5 heteroatoms. The van der Waals surface area contributed by atoms with Crippen LogP contribution in [0.5, 0.6) is 0 Å². The second-order valence-corrected chi connectivity index (χ2v) is 7.93. The summed E-state index contributed by atoms with van der Waals surface area (Å²) in [6, 6.07) is 15.8. The van der Waals surface area contributed by atoms with Crippen LogP contribution in [0, 0.1) is 0 Å². The number of ketones is 1. The van der Waals surface area contributed by atoms with Gasteiger partial charge < -0.3 is 9.64 Å². The molecule has 4 nitrogen and oxygen atoms in total. The molecule has 0 amide bonds. The molecule has 1 fully saturated rings. The summed E-state index contributed by atoms with van der Waals surface area (Å²) in [7, 11) is 3.95. The summed E-state index contributed by atoms with van der Waals surface area (Å²) in [6.07, 6.45) is 1.29. The van der Waals surface area contributed by atoms with Crippen LogP contribution in [-0.4, -0.2) is 56.6 Å². The molecule has 1 heterocycles. The molecular formula is C23H29ClN2O2. The summed E-state index contributed by atoms with van der Waals surface area (Å²) in [5.74, 6) is 0.133. The van der Waals surface area contributed by atoms with E-state index in [0.29, 0.717) is 17.9 Å². The smallest absolute Gasteiger partial charge is 0.183 e. The summed E-state index contributed by atoms with van der Waals surface area (Å²) >= 11 is 6.40. The lowest BCUT2D eigenvalue weighted by atomic mass is 9.80. The largest absolute Gasteiger partial charge is 0.378 e. The molecular weight excluding hydrogens is 372 g/mol. The molecule has 0 saturated carbocycles. The number of benzene rings is 2. The fourth-order valence-electron chi connectivity index (χ4n) is 3.91. The first-order chi connectivity index (χ1) is 13.5. The summed E-state index contributed by atoms with van der Waals surface area (Å²) < 4.78 is 5.42. The van der Waals surface area contributed by atoms with Crippen LogP contribution < -0.4 is 4.90 Å². The Balaban J connectivity index is 1.88. The maximum absolute atomic E-state index is 13.6. The molecule has 0 radical (unpaired) electrons. The van der Waals surface area contributed by atoms with Crippen molar-refractivity contribution in [2.45, 2.75) is 25.3 Å². The molecule has 1 aliphatic rings. The number of carbonyl (C=O) groups is 1. The van der Waals surface area contributed by atoms with Gasteiger partial charge in [0.2, 0.25) is 0 Å². The Morgan fingerprint density at radius 1 is 1.11 bits per heavy atom. The fraction of sp³-hybridized carbons (Fsp3) is 0.435. The van der Waals surface area contributed by atoms with E-state index in [1.807, 2.05) is 67.5 Å². The van der Waals surface area contributed by atoms with Crippen molar-refractivity contribution in [2.75, 3.05) is 45.3 Å². The molecule has 0 spiro atoms. The molecule has 2 aromatic carbocycles. The molecule has 1 aliphatic heterocycles. The molecule has 150 valence electrons. The number of halogens is 1. The summed E-state index contributed by atoms with van der Waals surface area (Å²) in [6.45, 7) is 5.33. The molecule has 0 bridgehead atoms. The first-order valence-electron chi connectivity index (χ1n) is 9.86. The lowest BCUT2D eigenvalue weighted by Gasteiger charge is -2.38. The highest BCUT2D eigenvalue weighted by Crippen LogP contribution is 2.31. The van der Waals surface area contributed by atoms with E-state index < -0.39 is 5.54 Å². The number of hydrogen-bond acceptors (Lipinski definition) is 4. The highest BCUT2D eigenvalue weighted by atomic mass is 35.5. The van der Waals surface area contributed by atoms with Gasteiger partial charge in [0.15, 0.2) is 5.78 Å². The molecule has 28 heavy (non-hydrogen) atoms. The van der Waals surface area contributed by atoms with E-state index in [1.165, 1.54) is 0 Å². The first kappa shape index (κ1) is 20.8. The summed E-state index contributed by atoms with van der Waals surface area (Å²) in [5.41, 5.74) is 2.24. The maximum atomic E-state index is 13.6. The highest BCUT2D eigenvalue weighted by molar-refractivity contribution is 6.31. The Morgan fingerprint density at radius 2 is 1.75 bits per heavy atom. The van der Waals surface area contributed by atoms with Crippen molar-refractivity contribution in [3.05, 3.63) is 64.7 Å². The monoisotopic (exact) mass is 400 g/mol. The van der Waals surface area contributed by atoms with Crippen LogP contribution in [0.4, 0.5) is 5.69 Å². The predicted octanol–water partition coefficient (Wildman–Crippen LogP) is 4.31. The lowest BCUT2D eigenvalue weighted by molar-refractivity contribution is 0.0666. The molecule has 2 aromatic rings. The predicted molar refractivity (Wildman–Crippen MR) is 116 cm³/mol. The number of Topliss-reactive ketones (excluding diaryl/α,β-unsaturated/α-hetero) is 1. The average molecular weight is 401 g/mol. The lowest BCUT2D eigenvalue weighted by Crippen LogP contribution is -2.52. The number of morpholine rings is 1. The van der Waals surface area contributed by atoms with E-state index in [9.17, 15) is 4.79 Å². The van der Waals surface area contributed by atoms with Gasteiger partial charge in [-0.1, -0.05) is 36.7 Å². The van der Waals surface area contributed by atoms with Crippen LogP contribution in [0.25, 0.3) is 0 Å². The molecule has 1 atom stereocenters. The summed E-state index contributed by atoms with van der Waals surface area (Å²) in [5, 5.41) is 0.706.